The zero-order valence-corrected chi connectivity index (χ0v) is 12.7. The molecule has 0 aliphatic carbocycles. The third kappa shape index (κ3) is 7.95. The van der Waals surface area contributed by atoms with Crippen molar-refractivity contribution in [3.05, 3.63) is 29.8 Å². The molecule has 0 saturated heterocycles. The number of hydrogen-bond acceptors (Lipinski definition) is 2. The van der Waals surface area contributed by atoms with E-state index in [1.54, 1.807) is 7.11 Å². The molecule has 0 spiro atoms. The van der Waals surface area contributed by atoms with Crippen LogP contribution >= 0.6 is 0 Å². The zero-order valence-electron chi connectivity index (χ0n) is 12.7. The average molecular weight is 303 g/mol. The molecule has 0 heterocycles. The largest absolute Gasteiger partial charge is 0.497 e. The molecule has 0 aliphatic heterocycles. The maximum atomic E-state index is 12.2. The van der Waals surface area contributed by atoms with Gasteiger partial charge < -0.3 is 10.1 Å². The second-order valence-corrected chi connectivity index (χ2v) is 5.21. The van der Waals surface area contributed by atoms with Gasteiger partial charge in [-0.05, 0) is 49.9 Å². The summed E-state index contributed by atoms with van der Waals surface area (Å²) in [6.07, 6.45) is -2.36. The van der Waals surface area contributed by atoms with Gasteiger partial charge in [-0.2, -0.15) is 13.2 Å². The van der Waals surface area contributed by atoms with Crippen LogP contribution in [0.3, 0.4) is 0 Å². The highest BCUT2D eigenvalue weighted by Gasteiger charge is 2.26. The molecule has 0 radical (unpaired) electrons. The molecule has 1 aromatic rings. The molecule has 0 bridgehead atoms. The van der Waals surface area contributed by atoms with E-state index in [0.717, 1.165) is 30.7 Å². The molecule has 1 N–H and O–H groups in total. The molecule has 1 rings (SSSR count). The molecule has 0 fully saturated rings. The Morgan fingerprint density at radius 3 is 2.38 bits per heavy atom. The van der Waals surface area contributed by atoms with Crippen LogP contribution in [-0.4, -0.2) is 25.9 Å². The summed E-state index contributed by atoms with van der Waals surface area (Å²) in [5.74, 6) is 0.786. The fourth-order valence-electron chi connectivity index (χ4n) is 2.22. The van der Waals surface area contributed by atoms with Crippen LogP contribution in [0.2, 0.25) is 0 Å². The number of nitrogens with one attached hydrogen (secondary N) is 1. The van der Waals surface area contributed by atoms with Gasteiger partial charge in [-0.15, -0.1) is 0 Å². The Morgan fingerprint density at radius 1 is 1.19 bits per heavy atom. The van der Waals surface area contributed by atoms with Crippen molar-refractivity contribution in [1.82, 2.24) is 5.32 Å². The lowest BCUT2D eigenvalue weighted by atomic mass is 10.0. The van der Waals surface area contributed by atoms with Crippen LogP contribution < -0.4 is 10.1 Å². The maximum absolute atomic E-state index is 12.2. The minimum atomic E-state index is -4.06. The SMILES string of the molecule is CCCNC(CCCC(F)(F)F)Cc1ccc(OC)cc1. The lowest BCUT2D eigenvalue weighted by Gasteiger charge is -2.19. The van der Waals surface area contributed by atoms with Crippen molar-refractivity contribution in [3.8, 4) is 5.75 Å². The molecular weight excluding hydrogens is 279 g/mol. The van der Waals surface area contributed by atoms with Crippen LogP contribution in [0.5, 0.6) is 5.75 Å². The van der Waals surface area contributed by atoms with Gasteiger partial charge in [0.05, 0.1) is 7.11 Å². The van der Waals surface area contributed by atoms with Crippen LogP contribution in [0.4, 0.5) is 13.2 Å². The van der Waals surface area contributed by atoms with Gasteiger partial charge in [0.15, 0.2) is 0 Å². The van der Waals surface area contributed by atoms with E-state index in [1.807, 2.05) is 31.2 Å². The van der Waals surface area contributed by atoms with Gasteiger partial charge in [-0.1, -0.05) is 19.1 Å². The molecule has 120 valence electrons. The van der Waals surface area contributed by atoms with E-state index in [2.05, 4.69) is 5.32 Å². The van der Waals surface area contributed by atoms with Crippen LogP contribution in [-0.2, 0) is 6.42 Å². The predicted molar refractivity (Wildman–Crippen MR) is 78.7 cm³/mol. The molecule has 1 aromatic carbocycles. The normalized spacial score (nSPS) is 13.2. The summed E-state index contributed by atoms with van der Waals surface area (Å²) in [6, 6.07) is 7.76. The van der Waals surface area contributed by atoms with E-state index < -0.39 is 12.6 Å². The van der Waals surface area contributed by atoms with Crippen molar-refractivity contribution in [2.45, 2.75) is 51.2 Å². The Morgan fingerprint density at radius 2 is 1.86 bits per heavy atom. The molecule has 0 aromatic heterocycles. The van der Waals surface area contributed by atoms with Crippen molar-refractivity contribution in [2.75, 3.05) is 13.7 Å². The number of alkyl halides is 3. The first kappa shape index (κ1) is 17.8. The van der Waals surface area contributed by atoms with Gasteiger partial charge in [0.25, 0.3) is 0 Å². The van der Waals surface area contributed by atoms with E-state index >= 15 is 0 Å². The summed E-state index contributed by atoms with van der Waals surface area (Å²) in [4.78, 5) is 0. The van der Waals surface area contributed by atoms with Gasteiger partial charge in [0.1, 0.15) is 5.75 Å². The second-order valence-electron chi connectivity index (χ2n) is 5.21. The standard InChI is InChI=1S/C16H24F3NO/c1-3-11-20-14(5-4-10-16(17,18)19)12-13-6-8-15(21-2)9-7-13/h6-9,14,20H,3-5,10-12H2,1-2H3. The first-order chi connectivity index (χ1) is 9.94. The van der Waals surface area contributed by atoms with Gasteiger partial charge in [-0.25, -0.2) is 0 Å². The first-order valence-electron chi connectivity index (χ1n) is 7.37. The molecule has 21 heavy (non-hydrogen) atoms. The molecule has 2 nitrogen and oxygen atoms in total. The molecular formula is C16H24F3NO. The maximum Gasteiger partial charge on any atom is 0.389 e. The average Bonchev–Trinajstić information content (AvgIpc) is 2.44. The Labute approximate surface area is 124 Å². The lowest BCUT2D eigenvalue weighted by Crippen LogP contribution is -2.32. The molecule has 0 amide bonds. The quantitative estimate of drug-likeness (QED) is 0.733. The number of benzene rings is 1. The van der Waals surface area contributed by atoms with Gasteiger partial charge in [0, 0.05) is 12.5 Å². The van der Waals surface area contributed by atoms with Crippen LogP contribution in [0.15, 0.2) is 24.3 Å². The topological polar surface area (TPSA) is 21.3 Å². The lowest BCUT2D eigenvalue weighted by molar-refractivity contribution is -0.135. The monoisotopic (exact) mass is 303 g/mol. The van der Waals surface area contributed by atoms with Crippen LogP contribution in [0, 0.1) is 0 Å². The van der Waals surface area contributed by atoms with Crippen molar-refractivity contribution < 1.29 is 17.9 Å². The van der Waals surface area contributed by atoms with Gasteiger partial charge >= 0.3 is 6.18 Å². The van der Waals surface area contributed by atoms with E-state index in [4.69, 9.17) is 4.74 Å². The number of hydrogen-bond donors (Lipinski definition) is 1. The molecule has 1 unspecified atom stereocenters. The van der Waals surface area contributed by atoms with Crippen molar-refractivity contribution >= 4 is 0 Å². The van der Waals surface area contributed by atoms with Crippen molar-refractivity contribution in [1.29, 1.82) is 0 Å². The molecule has 5 heteroatoms. The minimum absolute atomic E-state index is 0.0840. The van der Waals surface area contributed by atoms with Gasteiger partial charge in [-0.3, -0.25) is 0 Å². The van der Waals surface area contributed by atoms with E-state index in [0.29, 0.717) is 6.42 Å². The number of halogens is 3. The summed E-state index contributed by atoms with van der Waals surface area (Å²) in [5, 5.41) is 3.33. The number of ether oxygens (including phenoxy) is 1. The van der Waals surface area contributed by atoms with Crippen molar-refractivity contribution in [3.63, 3.8) is 0 Å². The third-order valence-corrected chi connectivity index (χ3v) is 3.34. The Hall–Kier alpha value is -1.23. The minimum Gasteiger partial charge on any atom is -0.497 e. The van der Waals surface area contributed by atoms with Crippen LogP contribution in [0.1, 0.15) is 38.2 Å². The third-order valence-electron chi connectivity index (χ3n) is 3.34. The predicted octanol–water partition coefficient (Wildman–Crippen LogP) is 4.34. The number of rotatable bonds is 9. The van der Waals surface area contributed by atoms with Crippen LogP contribution in [0.25, 0.3) is 0 Å². The van der Waals surface area contributed by atoms with E-state index in [1.165, 1.54) is 0 Å². The first-order valence-corrected chi connectivity index (χ1v) is 7.37. The Balaban J connectivity index is 2.51. The highest BCUT2D eigenvalue weighted by atomic mass is 19.4. The Kier molecular flexibility index (Phi) is 7.57. The summed E-state index contributed by atoms with van der Waals surface area (Å²) in [5.41, 5.74) is 1.11. The summed E-state index contributed by atoms with van der Waals surface area (Å²) < 4.78 is 41.8. The summed E-state index contributed by atoms with van der Waals surface area (Å²) in [6.45, 7) is 2.87. The molecule has 1 atom stereocenters. The Bertz CT molecular complexity index is 390. The van der Waals surface area contributed by atoms with Crippen molar-refractivity contribution in [2.24, 2.45) is 0 Å². The summed E-state index contributed by atoms with van der Waals surface area (Å²) >= 11 is 0. The fraction of sp³-hybridized carbons (Fsp3) is 0.625. The smallest absolute Gasteiger partial charge is 0.389 e. The van der Waals surface area contributed by atoms with E-state index in [9.17, 15) is 13.2 Å². The molecule has 0 aliphatic rings. The highest BCUT2D eigenvalue weighted by Crippen LogP contribution is 2.23. The molecule has 0 saturated carbocycles. The fourth-order valence-corrected chi connectivity index (χ4v) is 2.22. The number of methoxy groups -OCH3 is 1. The highest BCUT2D eigenvalue weighted by molar-refractivity contribution is 5.27. The second kappa shape index (κ2) is 8.93. The van der Waals surface area contributed by atoms with Gasteiger partial charge in [0.2, 0.25) is 0 Å². The summed E-state index contributed by atoms with van der Waals surface area (Å²) in [7, 11) is 1.61. The zero-order chi connectivity index (χ0) is 15.7. The van der Waals surface area contributed by atoms with E-state index in [-0.39, 0.29) is 12.5 Å².